The molecule has 0 aliphatic carbocycles. The van der Waals surface area contributed by atoms with Crippen LogP contribution < -0.4 is 10.2 Å². The number of benzene rings is 1. The molecule has 1 aliphatic heterocycles. The fourth-order valence-corrected chi connectivity index (χ4v) is 3.12. The van der Waals surface area contributed by atoms with Gasteiger partial charge in [0.25, 0.3) is 0 Å². The first-order chi connectivity index (χ1) is 10.4. The van der Waals surface area contributed by atoms with Crippen LogP contribution >= 0.6 is 0 Å². The van der Waals surface area contributed by atoms with Crippen LogP contribution in [0.1, 0.15) is 31.2 Å². The van der Waals surface area contributed by atoms with Crippen LogP contribution in [0.25, 0.3) is 0 Å². The molecule has 1 aliphatic rings. The number of hydrogen-bond acceptors (Lipinski definition) is 4. The fraction of sp³-hybridized carbons (Fsp3) is 0.647. The molecular weight excluding hydrogens is 264 g/mol. The van der Waals surface area contributed by atoms with E-state index in [9.17, 15) is 0 Å². The third-order valence-corrected chi connectivity index (χ3v) is 4.17. The second-order valence-electron chi connectivity index (χ2n) is 5.65. The summed E-state index contributed by atoms with van der Waals surface area (Å²) in [6.07, 6.45) is 4.48. The molecule has 1 saturated heterocycles. The monoisotopic (exact) mass is 292 g/mol. The van der Waals surface area contributed by atoms with Gasteiger partial charge in [0, 0.05) is 45.1 Å². The molecule has 1 unspecified atom stereocenters. The van der Waals surface area contributed by atoms with E-state index in [1.54, 1.807) is 7.11 Å². The third-order valence-electron chi connectivity index (χ3n) is 4.17. The second-order valence-corrected chi connectivity index (χ2v) is 5.65. The maximum Gasteiger partial charge on any atom is 0.0587 e. The molecule has 1 aromatic rings. The van der Waals surface area contributed by atoms with Crippen molar-refractivity contribution in [2.24, 2.45) is 0 Å². The molecule has 2 rings (SSSR count). The predicted molar refractivity (Wildman–Crippen MR) is 86.7 cm³/mol. The van der Waals surface area contributed by atoms with Crippen molar-refractivity contribution in [3.05, 3.63) is 29.8 Å². The molecule has 0 bridgehead atoms. The minimum atomic E-state index is 0.296. The largest absolute Gasteiger partial charge is 0.396 e. The Morgan fingerprint density at radius 3 is 3.05 bits per heavy atom. The summed E-state index contributed by atoms with van der Waals surface area (Å²) in [6, 6.07) is 9.24. The van der Waals surface area contributed by atoms with Crippen molar-refractivity contribution in [3.8, 4) is 0 Å². The van der Waals surface area contributed by atoms with Gasteiger partial charge in [-0.25, -0.2) is 0 Å². The minimum Gasteiger partial charge on any atom is -0.396 e. The molecular formula is C17H28N2O2. The Bertz CT molecular complexity index is 412. The van der Waals surface area contributed by atoms with Crippen LogP contribution in [0.5, 0.6) is 0 Å². The van der Waals surface area contributed by atoms with Gasteiger partial charge in [0.05, 0.1) is 6.61 Å². The second kappa shape index (κ2) is 9.03. The van der Waals surface area contributed by atoms with Gasteiger partial charge >= 0.3 is 0 Å². The maximum atomic E-state index is 9.06. The van der Waals surface area contributed by atoms with Gasteiger partial charge in [-0.1, -0.05) is 18.2 Å². The summed E-state index contributed by atoms with van der Waals surface area (Å²) in [5.74, 6) is 0. The highest BCUT2D eigenvalue weighted by molar-refractivity contribution is 5.55. The lowest BCUT2D eigenvalue weighted by molar-refractivity contribution is 0.199. The van der Waals surface area contributed by atoms with Crippen molar-refractivity contribution >= 4 is 5.69 Å². The van der Waals surface area contributed by atoms with Gasteiger partial charge in [0.1, 0.15) is 0 Å². The summed E-state index contributed by atoms with van der Waals surface area (Å²) in [6.45, 7) is 3.92. The lowest BCUT2D eigenvalue weighted by Gasteiger charge is -2.29. The average Bonchev–Trinajstić information content (AvgIpc) is 2.98. The van der Waals surface area contributed by atoms with Crippen LogP contribution in [0, 0.1) is 0 Å². The van der Waals surface area contributed by atoms with Crippen LogP contribution in [-0.4, -0.2) is 44.6 Å². The Kier molecular flexibility index (Phi) is 7.00. The fourth-order valence-electron chi connectivity index (χ4n) is 3.12. The van der Waals surface area contributed by atoms with Gasteiger partial charge in [-0.2, -0.15) is 0 Å². The summed E-state index contributed by atoms with van der Waals surface area (Å²) in [7, 11) is 1.73. The molecule has 0 radical (unpaired) electrons. The van der Waals surface area contributed by atoms with Gasteiger partial charge < -0.3 is 20.1 Å². The summed E-state index contributed by atoms with van der Waals surface area (Å²) in [5, 5.41) is 12.5. The first-order valence-corrected chi connectivity index (χ1v) is 8.02. The first kappa shape index (κ1) is 16.3. The van der Waals surface area contributed by atoms with E-state index in [0.29, 0.717) is 12.6 Å². The molecule has 4 heteroatoms. The number of anilines is 1. The topological polar surface area (TPSA) is 44.7 Å². The predicted octanol–water partition coefficient (Wildman–Crippen LogP) is 2.16. The molecule has 0 aromatic heterocycles. The van der Waals surface area contributed by atoms with E-state index in [0.717, 1.165) is 39.1 Å². The molecule has 0 amide bonds. The van der Waals surface area contributed by atoms with E-state index in [-0.39, 0.29) is 0 Å². The number of hydrogen-bond donors (Lipinski definition) is 2. The van der Waals surface area contributed by atoms with Gasteiger partial charge in [-0.05, 0) is 37.3 Å². The number of methoxy groups -OCH3 is 1. The van der Waals surface area contributed by atoms with Gasteiger partial charge in [-0.3, -0.25) is 0 Å². The molecule has 2 N–H and O–H groups in total. The summed E-state index contributed by atoms with van der Waals surface area (Å²) >= 11 is 0. The van der Waals surface area contributed by atoms with Crippen molar-refractivity contribution in [3.63, 3.8) is 0 Å². The maximum absolute atomic E-state index is 9.06. The summed E-state index contributed by atoms with van der Waals surface area (Å²) in [4.78, 5) is 2.53. The highest BCUT2D eigenvalue weighted by Gasteiger charge is 2.25. The van der Waals surface area contributed by atoms with E-state index in [1.165, 1.54) is 24.1 Å². The van der Waals surface area contributed by atoms with Crippen LogP contribution in [0.15, 0.2) is 24.3 Å². The Morgan fingerprint density at radius 1 is 1.38 bits per heavy atom. The minimum absolute atomic E-state index is 0.296. The number of aliphatic hydroxyl groups excluding tert-OH is 1. The number of para-hydroxylation sites is 1. The smallest absolute Gasteiger partial charge is 0.0587 e. The molecule has 1 aromatic carbocycles. The zero-order chi connectivity index (χ0) is 14.9. The quantitative estimate of drug-likeness (QED) is 0.685. The Hall–Kier alpha value is -1.10. The molecule has 21 heavy (non-hydrogen) atoms. The SMILES string of the molecule is COCCNCc1ccccc1N1CCCC1CCCO. The summed E-state index contributed by atoms with van der Waals surface area (Å²) < 4.78 is 5.07. The van der Waals surface area contributed by atoms with E-state index in [4.69, 9.17) is 9.84 Å². The van der Waals surface area contributed by atoms with E-state index in [2.05, 4.69) is 34.5 Å². The highest BCUT2D eigenvalue weighted by atomic mass is 16.5. The average molecular weight is 292 g/mol. The highest BCUT2D eigenvalue weighted by Crippen LogP contribution is 2.30. The molecule has 0 saturated carbocycles. The normalized spacial score (nSPS) is 18.4. The molecule has 1 fully saturated rings. The van der Waals surface area contributed by atoms with Gasteiger partial charge in [-0.15, -0.1) is 0 Å². The number of ether oxygens (including phenoxy) is 1. The zero-order valence-corrected chi connectivity index (χ0v) is 13.1. The molecule has 4 nitrogen and oxygen atoms in total. The van der Waals surface area contributed by atoms with Crippen molar-refractivity contribution < 1.29 is 9.84 Å². The van der Waals surface area contributed by atoms with Crippen LogP contribution in [-0.2, 0) is 11.3 Å². The van der Waals surface area contributed by atoms with Crippen LogP contribution in [0.4, 0.5) is 5.69 Å². The molecule has 0 spiro atoms. The molecule has 118 valence electrons. The Labute approximate surface area is 128 Å². The number of aliphatic hydroxyl groups is 1. The third kappa shape index (κ3) is 4.70. The van der Waals surface area contributed by atoms with Crippen LogP contribution in [0.3, 0.4) is 0 Å². The van der Waals surface area contributed by atoms with Crippen LogP contribution in [0.2, 0.25) is 0 Å². The van der Waals surface area contributed by atoms with Gasteiger partial charge in [0.2, 0.25) is 0 Å². The first-order valence-electron chi connectivity index (χ1n) is 8.02. The Morgan fingerprint density at radius 2 is 2.24 bits per heavy atom. The molecule has 1 heterocycles. The van der Waals surface area contributed by atoms with Crippen molar-refractivity contribution in [2.45, 2.75) is 38.3 Å². The van der Waals surface area contributed by atoms with Crippen molar-refractivity contribution in [1.29, 1.82) is 0 Å². The zero-order valence-electron chi connectivity index (χ0n) is 13.1. The number of nitrogens with zero attached hydrogens (tertiary/aromatic N) is 1. The molecule has 1 atom stereocenters. The van der Waals surface area contributed by atoms with E-state index >= 15 is 0 Å². The lowest BCUT2D eigenvalue weighted by Crippen LogP contribution is -2.31. The number of nitrogens with one attached hydrogen (secondary N) is 1. The summed E-state index contributed by atoms with van der Waals surface area (Å²) in [5.41, 5.74) is 2.70. The Balaban J connectivity index is 2.00. The van der Waals surface area contributed by atoms with Gasteiger partial charge in [0.15, 0.2) is 0 Å². The van der Waals surface area contributed by atoms with E-state index < -0.39 is 0 Å². The number of rotatable bonds is 9. The van der Waals surface area contributed by atoms with Crippen molar-refractivity contribution in [1.82, 2.24) is 5.32 Å². The standard InChI is InChI=1S/C17H28N2O2/c1-21-13-10-18-14-15-6-2-3-9-17(15)19-11-4-7-16(19)8-5-12-20/h2-3,6,9,16,18,20H,4-5,7-8,10-14H2,1H3. The van der Waals surface area contributed by atoms with Crippen molar-refractivity contribution in [2.75, 3.05) is 38.3 Å². The lowest BCUT2D eigenvalue weighted by atomic mass is 10.1. The van der Waals surface area contributed by atoms with E-state index in [1.807, 2.05) is 0 Å².